The maximum Gasteiger partial charge on any atom is 0.332 e. The predicted octanol–water partition coefficient (Wildman–Crippen LogP) is 5.71. The predicted molar refractivity (Wildman–Crippen MR) is 166 cm³/mol. The molecule has 1 aromatic heterocycles. The number of benzene rings is 2. The van der Waals surface area contributed by atoms with Crippen molar-refractivity contribution in [2.24, 2.45) is 0 Å². The van der Waals surface area contributed by atoms with Crippen LogP contribution < -0.4 is 14.5 Å². The minimum Gasteiger partial charge on any atom is -0.494 e. The van der Waals surface area contributed by atoms with E-state index < -0.39 is 11.6 Å². The molecule has 0 N–H and O–H groups in total. The summed E-state index contributed by atoms with van der Waals surface area (Å²) in [7, 11) is 1.50. The van der Waals surface area contributed by atoms with E-state index in [0.29, 0.717) is 55.0 Å². The molecule has 3 fully saturated rings. The standard InChI is InChI=1S/C33H35ClN6O3/c1-3-39-32(42)40(27-20-28(43-2)29(36-30(27)34)25-8-6-7-24(19-25)21-35)31(41)33(39)13-17-37(18-14-33)22-23-9-11-26(12-10-23)38-15-4-5-16-38/h6-12,19-20H,3-5,13-18,22H2,1-2H3. The summed E-state index contributed by atoms with van der Waals surface area (Å²) in [6.45, 7) is 6.74. The molecule has 3 aromatic rings. The van der Waals surface area contributed by atoms with Crippen molar-refractivity contribution in [1.29, 1.82) is 5.26 Å². The molecule has 0 bridgehead atoms. The van der Waals surface area contributed by atoms with Gasteiger partial charge in [-0.25, -0.2) is 14.7 Å². The number of amides is 3. The van der Waals surface area contributed by atoms with Crippen molar-refractivity contribution in [2.75, 3.05) is 49.6 Å². The topological polar surface area (TPSA) is 93.0 Å². The average Bonchev–Trinajstić information content (AvgIpc) is 3.64. The second-order valence-electron chi connectivity index (χ2n) is 11.4. The molecule has 0 radical (unpaired) electrons. The molecule has 4 heterocycles. The number of hydrogen-bond acceptors (Lipinski definition) is 7. The van der Waals surface area contributed by atoms with Gasteiger partial charge in [-0.2, -0.15) is 5.26 Å². The number of ether oxygens (including phenoxy) is 1. The third-order valence-corrected chi connectivity index (χ3v) is 9.28. The van der Waals surface area contributed by atoms with Gasteiger partial charge in [-0.1, -0.05) is 35.9 Å². The maximum atomic E-state index is 14.2. The number of urea groups is 1. The number of carbonyl (C=O) groups is 2. The molecule has 0 unspecified atom stereocenters. The van der Waals surface area contributed by atoms with Gasteiger partial charge in [0.2, 0.25) is 0 Å². The molecule has 0 saturated carbocycles. The van der Waals surface area contributed by atoms with Crippen LogP contribution in [0.25, 0.3) is 11.3 Å². The van der Waals surface area contributed by atoms with Crippen LogP contribution in [0.2, 0.25) is 5.15 Å². The number of likely N-dealkylation sites (N-methyl/N-ethyl adjacent to an activating group) is 1. The number of pyridine rings is 1. The van der Waals surface area contributed by atoms with Gasteiger partial charge in [-0.3, -0.25) is 9.69 Å². The lowest BCUT2D eigenvalue weighted by molar-refractivity contribution is -0.127. The molecule has 222 valence electrons. The molecule has 2 aromatic carbocycles. The van der Waals surface area contributed by atoms with Gasteiger partial charge in [0.1, 0.15) is 17.0 Å². The molecule has 6 rings (SSSR count). The molecule has 0 atom stereocenters. The summed E-state index contributed by atoms with van der Waals surface area (Å²) < 4.78 is 5.62. The SMILES string of the molecule is CCN1C(=O)N(c2cc(OC)c(-c3cccc(C#N)c3)nc2Cl)C(=O)C12CCN(Cc1ccc(N3CCCC3)cc1)CC2. The van der Waals surface area contributed by atoms with Gasteiger partial charge in [0.25, 0.3) is 5.91 Å². The first-order valence-corrected chi connectivity index (χ1v) is 15.2. The van der Waals surface area contributed by atoms with E-state index in [-0.39, 0.29) is 16.7 Å². The second kappa shape index (κ2) is 11.9. The first-order chi connectivity index (χ1) is 20.9. The Morgan fingerprint density at radius 1 is 1.02 bits per heavy atom. The third kappa shape index (κ3) is 5.19. The van der Waals surface area contributed by atoms with Crippen molar-refractivity contribution in [1.82, 2.24) is 14.8 Å². The fourth-order valence-corrected chi connectivity index (χ4v) is 6.92. The number of hydrogen-bond donors (Lipinski definition) is 0. The Bertz CT molecular complexity index is 1570. The monoisotopic (exact) mass is 598 g/mol. The van der Waals surface area contributed by atoms with Gasteiger partial charge in [-0.05, 0) is 62.4 Å². The zero-order valence-corrected chi connectivity index (χ0v) is 25.3. The molecule has 3 aliphatic heterocycles. The highest BCUT2D eigenvalue weighted by molar-refractivity contribution is 6.35. The van der Waals surface area contributed by atoms with Crippen molar-refractivity contribution in [2.45, 2.75) is 44.7 Å². The number of piperidine rings is 1. The smallest absolute Gasteiger partial charge is 0.332 e. The van der Waals surface area contributed by atoms with Crippen molar-refractivity contribution in [3.05, 3.63) is 70.9 Å². The van der Waals surface area contributed by atoms with E-state index >= 15 is 0 Å². The summed E-state index contributed by atoms with van der Waals surface area (Å²) in [4.78, 5) is 40.1. The first kappa shape index (κ1) is 29.0. The minimum atomic E-state index is -0.932. The van der Waals surface area contributed by atoms with E-state index in [4.69, 9.17) is 16.3 Å². The van der Waals surface area contributed by atoms with Crippen LogP contribution in [0.4, 0.5) is 16.2 Å². The van der Waals surface area contributed by atoms with E-state index in [9.17, 15) is 14.9 Å². The van der Waals surface area contributed by atoms with Crippen LogP contribution in [-0.2, 0) is 11.3 Å². The average molecular weight is 599 g/mol. The lowest BCUT2D eigenvalue weighted by Crippen LogP contribution is -2.56. The largest absolute Gasteiger partial charge is 0.494 e. The number of imide groups is 1. The van der Waals surface area contributed by atoms with Crippen LogP contribution in [0.1, 0.15) is 43.7 Å². The molecule has 43 heavy (non-hydrogen) atoms. The first-order valence-electron chi connectivity index (χ1n) is 14.9. The summed E-state index contributed by atoms with van der Waals surface area (Å²) in [6.07, 6.45) is 3.58. The van der Waals surface area contributed by atoms with Gasteiger partial charge in [0, 0.05) is 56.6 Å². The van der Waals surface area contributed by atoms with Crippen molar-refractivity contribution in [3.8, 4) is 23.1 Å². The van der Waals surface area contributed by atoms with Crippen molar-refractivity contribution < 1.29 is 14.3 Å². The summed E-state index contributed by atoms with van der Waals surface area (Å²) >= 11 is 6.67. The number of nitrogens with zero attached hydrogens (tertiary/aromatic N) is 6. The van der Waals surface area contributed by atoms with Crippen LogP contribution >= 0.6 is 11.6 Å². The normalized spacial score (nSPS) is 18.5. The highest BCUT2D eigenvalue weighted by Gasteiger charge is 2.58. The van der Waals surface area contributed by atoms with E-state index in [1.54, 1.807) is 35.2 Å². The fourth-order valence-electron chi connectivity index (χ4n) is 6.69. The zero-order chi connectivity index (χ0) is 30.1. The molecule has 0 aliphatic carbocycles. The van der Waals surface area contributed by atoms with Crippen LogP contribution in [0.3, 0.4) is 0 Å². The number of anilines is 2. The quantitative estimate of drug-likeness (QED) is 0.254. The molecule has 10 heteroatoms. The van der Waals surface area contributed by atoms with Crippen LogP contribution in [0.15, 0.2) is 54.6 Å². The number of halogens is 1. The fraction of sp³-hybridized carbons (Fsp3) is 0.394. The molecule has 3 amide bonds. The maximum absolute atomic E-state index is 14.2. The van der Waals surface area contributed by atoms with Crippen molar-refractivity contribution >= 4 is 34.9 Å². The Kier molecular flexibility index (Phi) is 7.99. The minimum absolute atomic E-state index is 0.0165. The highest BCUT2D eigenvalue weighted by Crippen LogP contribution is 2.43. The molecular formula is C33H35ClN6O3. The van der Waals surface area contributed by atoms with E-state index in [1.807, 2.05) is 6.92 Å². The lowest BCUT2D eigenvalue weighted by atomic mass is 9.85. The summed E-state index contributed by atoms with van der Waals surface area (Å²) in [6, 6.07) is 19.1. The molecule has 3 saturated heterocycles. The Morgan fingerprint density at radius 2 is 1.74 bits per heavy atom. The Hall–Kier alpha value is -4.13. The van der Waals surface area contributed by atoms with Crippen LogP contribution in [0, 0.1) is 11.3 Å². The summed E-state index contributed by atoms with van der Waals surface area (Å²) in [5, 5.41) is 9.34. The second-order valence-corrected chi connectivity index (χ2v) is 11.7. The third-order valence-electron chi connectivity index (χ3n) is 9.00. The zero-order valence-electron chi connectivity index (χ0n) is 24.6. The molecule has 3 aliphatic rings. The molecule has 9 nitrogen and oxygen atoms in total. The van der Waals surface area contributed by atoms with Gasteiger partial charge >= 0.3 is 6.03 Å². The van der Waals surface area contributed by atoms with Gasteiger partial charge in [0.15, 0.2) is 5.15 Å². The Balaban J connectivity index is 1.21. The summed E-state index contributed by atoms with van der Waals surface area (Å²) in [5.41, 5.74) is 3.33. The summed E-state index contributed by atoms with van der Waals surface area (Å²) in [5.74, 6) is 0.0728. The van der Waals surface area contributed by atoms with E-state index in [1.165, 1.54) is 36.1 Å². The highest BCUT2D eigenvalue weighted by atomic mass is 35.5. The number of methoxy groups -OCH3 is 1. The molecular weight excluding hydrogens is 564 g/mol. The number of carbonyl (C=O) groups excluding carboxylic acids is 2. The number of nitriles is 1. The van der Waals surface area contributed by atoms with Crippen LogP contribution in [0.5, 0.6) is 5.75 Å². The Labute approximate surface area is 257 Å². The van der Waals surface area contributed by atoms with Gasteiger partial charge in [0.05, 0.1) is 24.4 Å². The number of rotatable bonds is 7. The van der Waals surface area contributed by atoms with Gasteiger partial charge < -0.3 is 14.5 Å². The Morgan fingerprint density at radius 3 is 2.40 bits per heavy atom. The van der Waals surface area contributed by atoms with E-state index in [0.717, 1.165) is 19.6 Å². The van der Waals surface area contributed by atoms with Gasteiger partial charge in [-0.15, -0.1) is 0 Å². The van der Waals surface area contributed by atoms with E-state index in [2.05, 4.69) is 45.1 Å². The van der Waals surface area contributed by atoms with Crippen LogP contribution in [-0.4, -0.2) is 72.1 Å². The lowest BCUT2D eigenvalue weighted by Gasteiger charge is -2.41. The number of likely N-dealkylation sites (tertiary alicyclic amines) is 1. The molecule has 1 spiro atoms. The number of aromatic nitrogens is 1. The van der Waals surface area contributed by atoms with Crippen molar-refractivity contribution in [3.63, 3.8) is 0 Å².